The number of rotatable bonds is 59. The van der Waals surface area contributed by atoms with Gasteiger partial charge >= 0.3 is 17.9 Å². The van der Waals surface area contributed by atoms with E-state index in [1.54, 1.807) is 0 Å². The van der Waals surface area contributed by atoms with Gasteiger partial charge in [-0.15, -0.1) is 0 Å². The van der Waals surface area contributed by atoms with Crippen LogP contribution in [0.25, 0.3) is 0 Å². The summed E-state index contributed by atoms with van der Waals surface area (Å²) in [5, 5.41) is 0. The zero-order valence-electron chi connectivity index (χ0n) is 47.1. The van der Waals surface area contributed by atoms with Crippen molar-refractivity contribution in [1.82, 2.24) is 0 Å². The van der Waals surface area contributed by atoms with Crippen LogP contribution in [0.5, 0.6) is 0 Å². The number of ether oxygens (including phenoxy) is 3. The van der Waals surface area contributed by atoms with Crippen molar-refractivity contribution in [2.45, 2.75) is 374 Å². The van der Waals surface area contributed by atoms with Crippen molar-refractivity contribution in [2.75, 3.05) is 13.2 Å². The van der Waals surface area contributed by atoms with Crippen molar-refractivity contribution in [3.8, 4) is 0 Å². The highest BCUT2D eigenvalue weighted by Crippen LogP contribution is 2.19. The van der Waals surface area contributed by atoms with Crippen molar-refractivity contribution in [3.05, 3.63) is 0 Å². The van der Waals surface area contributed by atoms with E-state index in [0.29, 0.717) is 19.3 Å². The van der Waals surface area contributed by atoms with Crippen LogP contribution in [-0.4, -0.2) is 37.2 Å². The third-order valence-corrected chi connectivity index (χ3v) is 14.6. The van der Waals surface area contributed by atoms with E-state index < -0.39 is 6.10 Å². The van der Waals surface area contributed by atoms with E-state index in [0.717, 1.165) is 57.8 Å². The topological polar surface area (TPSA) is 78.9 Å². The molecule has 0 heterocycles. The SMILES string of the molecule is CCCCCCCCCCCCCCCCCCCCCCCCCCCCCCCCCCC(=O)OCC(COC(=O)CCCCCCCC)OC(=O)CCCCCCCCCCCCCCC. The number of hydrogen-bond acceptors (Lipinski definition) is 6. The maximum Gasteiger partial charge on any atom is 0.306 e. The standard InChI is InChI=1S/C63H122O6/c1-4-7-10-13-16-18-20-22-23-24-25-26-27-28-29-30-31-32-33-34-35-36-37-38-39-40-42-43-45-47-50-53-56-62(65)68-59-60(58-67-61(64)55-52-49-15-12-9-6-3)69-63(66)57-54-51-48-46-44-41-21-19-17-14-11-8-5-2/h60H,4-59H2,1-3H3. The van der Waals surface area contributed by atoms with Crippen LogP contribution in [0.2, 0.25) is 0 Å². The van der Waals surface area contributed by atoms with Crippen LogP contribution in [-0.2, 0) is 28.6 Å². The van der Waals surface area contributed by atoms with Gasteiger partial charge in [-0.2, -0.15) is 0 Å². The molecule has 0 bridgehead atoms. The zero-order chi connectivity index (χ0) is 50.0. The minimum absolute atomic E-state index is 0.0624. The molecule has 0 rings (SSSR count). The Morgan fingerprint density at radius 1 is 0.232 bits per heavy atom. The molecule has 0 aromatic heterocycles. The van der Waals surface area contributed by atoms with Crippen LogP contribution in [0, 0.1) is 0 Å². The van der Waals surface area contributed by atoms with Gasteiger partial charge in [0.05, 0.1) is 0 Å². The van der Waals surface area contributed by atoms with Gasteiger partial charge < -0.3 is 14.2 Å². The molecule has 0 aliphatic carbocycles. The minimum Gasteiger partial charge on any atom is -0.462 e. The second kappa shape index (κ2) is 59.0. The first-order valence-electron chi connectivity index (χ1n) is 31.5. The fourth-order valence-electron chi connectivity index (χ4n) is 9.86. The Bertz CT molecular complexity index is 1030. The van der Waals surface area contributed by atoms with E-state index >= 15 is 0 Å². The zero-order valence-corrected chi connectivity index (χ0v) is 47.1. The average Bonchev–Trinajstić information content (AvgIpc) is 3.35. The highest BCUT2D eigenvalue weighted by atomic mass is 16.6. The Morgan fingerprint density at radius 3 is 0.580 bits per heavy atom. The largest absolute Gasteiger partial charge is 0.462 e. The first kappa shape index (κ1) is 67.4. The second-order valence-corrected chi connectivity index (χ2v) is 21.7. The van der Waals surface area contributed by atoms with Gasteiger partial charge in [-0.05, 0) is 19.3 Å². The lowest BCUT2D eigenvalue weighted by Crippen LogP contribution is -2.30. The summed E-state index contributed by atoms with van der Waals surface area (Å²) >= 11 is 0. The highest BCUT2D eigenvalue weighted by Gasteiger charge is 2.19. The van der Waals surface area contributed by atoms with E-state index in [-0.39, 0.29) is 31.1 Å². The first-order chi connectivity index (χ1) is 34.0. The van der Waals surface area contributed by atoms with Gasteiger partial charge in [-0.3, -0.25) is 14.4 Å². The fourth-order valence-corrected chi connectivity index (χ4v) is 9.86. The molecule has 0 aromatic carbocycles. The molecule has 0 amide bonds. The van der Waals surface area contributed by atoms with Crippen molar-refractivity contribution in [3.63, 3.8) is 0 Å². The van der Waals surface area contributed by atoms with E-state index in [2.05, 4.69) is 20.8 Å². The summed E-state index contributed by atoms with van der Waals surface area (Å²) in [7, 11) is 0. The maximum atomic E-state index is 12.8. The van der Waals surface area contributed by atoms with Gasteiger partial charge in [-0.25, -0.2) is 0 Å². The molecular formula is C63H122O6. The molecule has 0 radical (unpaired) electrons. The van der Waals surface area contributed by atoms with Crippen LogP contribution >= 0.6 is 0 Å². The summed E-state index contributed by atoms with van der Waals surface area (Å²) in [6.45, 7) is 6.64. The molecule has 0 N–H and O–H groups in total. The van der Waals surface area contributed by atoms with Crippen LogP contribution in [0.4, 0.5) is 0 Å². The monoisotopic (exact) mass is 975 g/mol. The Balaban J connectivity index is 3.86. The summed E-state index contributed by atoms with van der Waals surface area (Å²) in [4.78, 5) is 37.8. The van der Waals surface area contributed by atoms with Crippen molar-refractivity contribution < 1.29 is 28.6 Å². The molecule has 0 aliphatic heterocycles. The quantitative estimate of drug-likeness (QED) is 0.0343. The second-order valence-electron chi connectivity index (χ2n) is 21.7. The third kappa shape index (κ3) is 57.2. The van der Waals surface area contributed by atoms with Crippen molar-refractivity contribution in [2.24, 2.45) is 0 Å². The normalized spacial score (nSPS) is 11.9. The average molecular weight is 976 g/mol. The van der Waals surface area contributed by atoms with Gasteiger partial charge in [0.2, 0.25) is 0 Å². The number of carbonyl (C=O) groups excluding carboxylic acids is 3. The summed E-state index contributed by atoms with van der Waals surface area (Å²) in [6.07, 6.45) is 67.4. The predicted molar refractivity (Wildman–Crippen MR) is 298 cm³/mol. The molecule has 0 aliphatic rings. The van der Waals surface area contributed by atoms with Crippen LogP contribution in [0.15, 0.2) is 0 Å². The van der Waals surface area contributed by atoms with Crippen molar-refractivity contribution in [1.29, 1.82) is 0 Å². The molecule has 1 unspecified atom stereocenters. The number of unbranched alkanes of at least 4 members (excludes halogenated alkanes) is 48. The molecule has 0 saturated heterocycles. The highest BCUT2D eigenvalue weighted by molar-refractivity contribution is 5.71. The molecule has 6 heteroatoms. The van der Waals surface area contributed by atoms with Crippen LogP contribution < -0.4 is 0 Å². The van der Waals surface area contributed by atoms with E-state index in [1.165, 1.54) is 270 Å². The molecule has 6 nitrogen and oxygen atoms in total. The van der Waals surface area contributed by atoms with Gasteiger partial charge in [0.15, 0.2) is 6.10 Å². The van der Waals surface area contributed by atoms with Crippen LogP contribution in [0.3, 0.4) is 0 Å². The minimum atomic E-state index is -0.759. The van der Waals surface area contributed by atoms with Gasteiger partial charge in [0.25, 0.3) is 0 Å². The molecular weight excluding hydrogens is 853 g/mol. The maximum absolute atomic E-state index is 12.8. The lowest BCUT2D eigenvalue weighted by molar-refractivity contribution is -0.167. The van der Waals surface area contributed by atoms with Gasteiger partial charge in [-0.1, -0.05) is 329 Å². The van der Waals surface area contributed by atoms with E-state index in [1.807, 2.05) is 0 Å². The fraction of sp³-hybridized carbons (Fsp3) is 0.952. The smallest absolute Gasteiger partial charge is 0.306 e. The molecule has 0 fully saturated rings. The lowest BCUT2D eigenvalue weighted by Gasteiger charge is -2.18. The number of hydrogen-bond donors (Lipinski definition) is 0. The molecule has 1 atom stereocenters. The molecule has 0 spiro atoms. The first-order valence-corrected chi connectivity index (χ1v) is 31.5. The van der Waals surface area contributed by atoms with Gasteiger partial charge in [0, 0.05) is 19.3 Å². The number of carbonyl (C=O) groups is 3. The van der Waals surface area contributed by atoms with E-state index in [9.17, 15) is 14.4 Å². The molecule has 410 valence electrons. The third-order valence-electron chi connectivity index (χ3n) is 14.6. The predicted octanol–water partition coefficient (Wildman–Crippen LogP) is 21.1. The Morgan fingerprint density at radius 2 is 0.391 bits per heavy atom. The summed E-state index contributed by atoms with van der Waals surface area (Å²) in [5.74, 6) is -0.847. The lowest BCUT2D eigenvalue weighted by atomic mass is 10.0. The summed E-state index contributed by atoms with van der Waals surface area (Å²) in [6, 6.07) is 0. The van der Waals surface area contributed by atoms with Crippen LogP contribution in [0.1, 0.15) is 367 Å². The van der Waals surface area contributed by atoms with E-state index in [4.69, 9.17) is 14.2 Å². The molecule has 0 aromatic rings. The van der Waals surface area contributed by atoms with Gasteiger partial charge in [0.1, 0.15) is 13.2 Å². The summed E-state index contributed by atoms with van der Waals surface area (Å²) in [5.41, 5.74) is 0. The molecule has 69 heavy (non-hydrogen) atoms. The Kier molecular flexibility index (Phi) is 57.6. The molecule has 0 saturated carbocycles. The Labute approximate surface area is 431 Å². The summed E-state index contributed by atoms with van der Waals surface area (Å²) < 4.78 is 16.8. The number of esters is 3. The Hall–Kier alpha value is -1.59. The van der Waals surface area contributed by atoms with Crippen molar-refractivity contribution >= 4 is 17.9 Å².